The van der Waals surface area contributed by atoms with E-state index in [2.05, 4.69) is 0 Å². The summed E-state index contributed by atoms with van der Waals surface area (Å²) in [6.07, 6.45) is 0.785. The molecule has 0 N–H and O–H groups in total. The molecule has 0 aliphatic carbocycles. The molecule has 5 rings (SSSR count). The number of carbonyl (C=O) groups is 2. The van der Waals surface area contributed by atoms with Gasteiger partial charge in [0.25, 0.3) is 0 Å². The van der Waals surface area contributed by atoms with Crippen LogP contribution in [0.2, 0.25) is 0 Å². The minimum absolute atomic E-state index is 0.0324. The van der Waals surface area contributed by atoms with Crippen LogP contribution in [0.3, 0.4) is 0 Å². The smallest absolute Gasteiger partial charge is 0.338 e. The maximum absolute atomic E-state index is 13.2. The number of hydrogen-bond acceptors (Lipinski definition) is 8. The van der Waals surface area contributed by atoms with Crippen LogP contribution in [0.15, 0.2) is 82.0 Å². The van der Waals surface area contributed by atoms with E-state index < -0.39 is 12.0 Å². The molecule has 3 heterocycles. The van der Waals surface area contributed by atoms with Gasteiger partial charge in [0, 0.05) is 18.8 Å². The van der Waals surface area contributed by atoms with Gasteiger partial charge in [-0.15, -0.1) is 0 Å². The summed E-state index contributed by atoms with van der Waals surface area (Å²) in [6, 6.07) is 17.2. The van der Waals surface area contributed by atoms with Crippen LogP contribution in [-0.2, 0) is 25.7 Å². The predicted molar refractivity (Wildman–Crippen MR) is 146 cm³/mol. The number of carbonyl (C=O) groups excluding carboxylic acids is 2. The maximum Gasteiger partial charge on any atom is 0.338 e. The largest absolute Gasteiger partial charge is 0.489 e. The van der Waals surface area contributed by atoms with Crippen molar-refractivity contribution in [2.45, 2.75) is 32.4 Å². The Morgan fingerprint density at radius 1 is 1.11 bits per heavy atom. The van der Waals surface area contributed by atoms with E-state index in [0.717, 1.165) is 22.0 Å². The molecular weight excluding hydrogens is 502 g/mol. The summed E-state index contributed by atoms with van der Waals surface area (Å²) in [7, 11) is 1.38. The summed E-state index contributed by atoms with van der Waals surface area (Å²) >= 11 is 1.47. The maximum atomic E-state index is 13.2. The third-order valence-electron chi connectivity index (χ3n) is 6.75. The third kappa shape index (κ3) is 5.49. The fourth-order valence-corrected chi connectivity index (χ4v) is 5.76. The molecule has 1 amide bonds. The van der Waals surface area contributed by atoms with Crippen molar-refractivity contribution < 1.29 is 23.8 Å². The number of ether oxygens (including phenoxy) is 3. The first-order valence-corrected chi connectivity index (χ1v) is 13.6. The Balaban J connectivity index is 1.47. The zero-order valence-corrected chi connectivity index (χ0v) is 22.4. The lowest BCUT2D eigenvalue weighted by Gasteiger charge is -2.37. The quantitative estimate of drug-likeness (QED) is 0.457. The molecule has 0 radical (unpaired) electrons. The number of amidine groups is 1. The molecule has 198 valence electrons. The number of amides is 1. The van der Waals surface area contributed by atoms with Gasteiger partial charge in [0.05, 0.1) is 44.1 Å². The first-order chi connectivity index (χ1) is 18.6. The van der Waals surface area contributed by atoms with E-state index in [1.165, 1.54) is 18.9 Å². The number of thioether (sulfide) groups is 1. The highest BCUT2D eigenvalue weighted by molar-refractivity contribution is 8.16. The third-order valence-corrected chi connectivity index (χ3v) is 7.64. The summed E-state index contributed by atoms with van der Waals surface area (Å²) in [4.78, 5) is 35.0. The van der Waals surface area contributed by atoms with Crippen molar-refractivity contribution in [1.82, 2.24) is 9.80 Å². The molecule has 38 heavy (non-hydrogen) atoms. The van der Waals surface area contributed by atoms with E-state index in [9.17, 15) is 9.59 Å². The average Bonchev–Trinajstić information content (AvgIpc) is 3.37. The normalized spacial score (nSPS) is 19.1. The van der Waals surface area contributed by atoms with Crippen LogP contribution in [-0.4, -0.2) is 60.3 Å². The predicted octanol–water partition coefficient (Wildman–Crippen LogP) is 4.65. The molecule has 0 bridgehead atoms. The van der Waals surface area contributed by atoms with Crippen LogP contribution in [0.1, 0.15) is 36.9 Å². The van der Waals surface area contributed by atoms with Crippen molar-refractivity contribution in [3.05, 3.63) is 88.1 Å². The number of esters is 1. The summed E-state index contributed by atoms with van der Waals surface area (Å²) in [6.45, 7) is 4.66. The van der Waals surface area contributed by atoms with Gasteiger partial charge in [-0.25, -0.2) is 9.79 Å². The highest BCUT2D eigenvalue weighted by atomic mass is 32.2. The Morgan fingerprint density at radius 3 is 2.63 bits per heavy atom. The molecule has 0 spiro atoms. The minimum atomic E-state index is -0.496. The Morgan fingerprint density at radius 2 is 1.89 bits per heavy atom. The van der Waals surface area contributed by atoms with Gasteiger partial charge >= 0.3 is 5.97 Å². The van der Waals surface area contributed by atoms with Crippen molar-refractivity contribution in [1.29, 1.82) is 0 Å². The molecule has 0 saturated carbocycles. The van der Waals surface area contributed by atoms with E-state index in [1.807, 2.05) is 76.7 Å². The first kappa shape index (κ1) is 26.1. The van der Waals surface area contributed by atoms with Crippen molar-refractivity contribution in [3.8, 4) is 5.75 Å². The lowest BCUT2D eigenvalue weighted by molar-refractivity contribution is -0.136. The Bertz CT molecular complexity index is 1280. The fourth-order valence-electron chi connectivity index (χ4n) is 4.82. The number of rotatable bonds is 8. The first-order valence-electron chi connectivity index (χ1n) is 12.8. The Labute approximate surface area is 226 Å². The number of fused-ring (bicyclic) bond motifs is 1. The summed E-state index contributed by atoms with van der Waals surface area (Å²) < 4.78 is 16.7. The molecule has 0 aromatic heterocycles. The second-order valence-electron chi connectivity index (χ2n) is 9.12. The number of benzene rings is 2. The van der Waals surface area contributed by atoms with E-state index in [-0.39, 0.29) is 12.3 Å². The zero-order chi connectivity index (χ0) is 26.5. The van der Waals surface area contributed by atoms with Crippen molar-refractivity contribution in [2.24, 2.45) is 4.99 Å². The zero-order valence-electron chi connectivity index (χ0n) is 21.6. The van der Waals surface area contributed by atoms with Gasteiger partial charge in [-0.1, -0.05) is 61.2 Å². The summed E-state index contributed by atoms with van der Waals surface area (Å²) in [5.74, 6) is 0.297. The number of allylic oxidation sites excluding steroid dienone is 1. The van der Waals surface area contributed by atoms with Gasteiger partial charge in [0.2, 0.25) is 5.91 Å². The van der Waals surface area contributed by atoms with E-state index in [1.54, 1.807) is 0 Å². The minimum Gasteiger partial charge on any atom is -0.489 e. The van der Waals surface area contributed by atoms with Crippen LogP contribution < -0.4 is 4.74 Å². The monoisotopic (exact) mass is 533 g/mol. The van der Waals surface area contributed by atoms with Crippen LogP contribution >= 0.6 is 11.8 Å². The number of methoxy groups -OCH3 is 1. The molecule has 8 nitrogen and oxygen atoms in total. The second kappa shape index (κ2) is 11.9. The molecule has 2 aromatic carbocycles. The topological polar surface area (TPSA) is 80.7 Å². The molecule has 1 fully saturated rings. The van der Waals surface area contributed by atoms with Gasteiger partial charge in [-0.05, 0) is 35.1 Å². The highest BCUT2D eigenvalue weighted by Crippen LogP contribution is 2.46. The molecule has 2 aromatic rings. The molecule has 9 heteroatoms. The summed E-state index contributed by atoms with van der Waals surface area (Å²) in [5.41, 5.74) is 3.90. The van der Waals surface area contributed by atoms with Crippen molar-refractivity contribution >= 4 is 28.8 Å². The molecule has 3 aliphatic heterocycles. The summed E-state index contributed by atoms with van der Waals surface area (Å²) in [5, 5.41) is 2.72. The van der Waals surface area contributed by atoms with Gasteiger partial charge in [0.15, 0.2) is 5.17 Å². The van der Waals surface area contributed by atoms with E-state index >= 15 is 0 Å². The Kier molecular flexibility index (Phi) is 8.14. The second-order valence-corrected chi connectivity index (χ2v) is 9.95. The molecule has 3 aliphatic rings. The van der Waals surface area contributed by atoms with E-state index in [0.29, 0.717) is 56.4 Å². The van der Waals surface area contributed by atoms with Crippen molar-refractivity contribution in [3.63, 3.8) is 0 Å². The van der Waals surface area contributed by atoms with Crippen LogP contribution in [0.25, 0.3) is 0 Å². The van der Waals surface area contributed by atoms with Gasteiger partial charge < -0.3 is 24.0 Å². The fraction of sp³-hybridized carbons (Fsp3) is 0.345. The number of aliphatic imine (C=N–C) groups is 1. The van der Waals surface area contributed by atoms with E-state index in [4.69, 9.17) is 19.2 Å². The lowest BCUT2D eigenvalue weighted by atomic mass is 9.92. The Hall–Kier alpha value is -3.56. The molecule has 1 saturated heterocycles. The van der Waals surface area contributed by atoms with Crippen LogP contribution in [0.4, 0.5) is 0 Å². The molecule has 1 atom stereocenters. The number of hydrogen-bond donors (Lipinski definition) is 0. The molecule has 0 unspecified atom stereocenters. The van der Waals surface area contributed by atoms with Gasteiger partial charge in [-0.3, -0.25) is 4.79 Å². The average molecular weight is 534 g/mol. The number of nitrogens with zero attached hydrogens (tertiary/aromatic N) is 3. The highest BCUT2D eigenvalue weighted by Gasteiger charge is 2.42. The lowest BCUT2D eigenvalue weighted by Crippen LogP contribution is -2.42. The number of morpholine rings is 1. The standard InChI is InChI=1S/C29H31N3O5S/c1-3-24-26(28(34)35-2)27(21-10-7-11-23(16-21)37-18-20-8-5-4-6-9-20)32-22(19-38-29(32)30-24)17-25(33)31-12-14-36-15-13-31/h4-11,16,19,27H,3,12-15,17-18H2,1-2H3/t27-/m0/s1. The van der Waals surface area contributed by atoms with Gasteiger partial charge in [0.1, 0.15) is 12.4 Å². The molecular formula is C29H31N3O5S. The van der Waals surface area contributed by atoms with Crippen LogP contribution in [0.5, 0.6) is 5.75 Å². The SMILES string of the molecule is CCC1=C(C(=O)OC)[C@H](c2cccc(OCc3ccccc3)c2)N2C(CC(=O)N3CCOCC3)=CSC2=N1. The van der Waals surface area contributed by atoms with Gasteiger partial charge in [-0.2, -0.15) is 0 Å². The van der Waals surface area contributed by atoms with Crippen LogP contribution in [0, 0.1) is 0 Å². The van der Waals surface area contributed by atoms with Crippen molar-refractivity contribution in [2.75, 3.05) is 33.4 Å².